The summed E-state index contributed by atoms with van der Waals surface area (Å²) in [7, 11) is 0. The van der Waals surface area contributed by atoms with Crippen LogP contribution in [0, 0.1) is 11.3 Å². The molecule has 0 saturated heterocycles. The van der Waals surface area contributed by atoms with Crippen LogP contribution in [0.3, 0.4) is 0 Å². The summed E-state index contributed by atoms with van der Waals surface area (Å²) in [5.41, 5.74) is 4.38. The van der Waals surface area contributed by atoms with Gasteiger partial charge in [-0.25, -0.2) is 0 Å². The molecule has 21 heavy (non-hydrogen) atoms. The number of hydrogen-bond acceptors (Lipinski definition) is 2. The topological polar surface area (TPSA) is 35.8 Å². The molecule has 1 aliphatic carbocycles. The first-order chi connectivity index (χ1) is 10.2. The Balaban J connectivity index is 1.95. The summed E-state index contributed by atoms with van der Waals surface area (Å²) in [6.45, 7) is 2.29. The van der Waals surface area contributed by atoms with Crippen molar-refractivity contribution in [3.8, 4) is 6.07 Å². The number of benzene rings is 2. The quantitative estimate of drug-likeness (QED) is 0.797. The van der Waals surface area contributed by atoms with Gasteiger partial charge in [-0.2, -0.15) is 5.26 Å². The molecule has 0 bridgehead atoms. The summed E-state index contributed by atoms with van der Waals surface area (Å²) < 4.78 is 0.987. The average molecular weight is 341 g/mol. The Bertz CT molecular complexity index is 703. The van der Waals surface area contributed by atoms with Crippen LogP contribution in [-0.4, -0.2) is 0 Å². The largest absolute Gasteiger partial charge is 0.377 e. The molecule has 0 saturated carbocycles. The van der Waals surface area contributed by atoms with Gasteiger partial charge in [0.05, 0.1) is 17.3 Å². The van der Waals surface area contributed by atoms with E-state index in [1.807, 2.05) is 18.2 Å². The Morgan fingerprint density at radius 2 is 1.90 bits per heavy atom. The first-order valence-corrected chi connectivity index (χ1v) is 8.03. The van der Waals surface area contributed by atoms with Crippen molar-refractivity contribution in [1.29, 1.82) is 5.26 Å². The normalized spacial score (nSPS) is 20.4. The summed E-state index contributed by atoms with van der Waals surface area (Å²) in [6.07, 6.45) is 2.26. The number of halogens is 1. The van der Waals surface area contributed by atoms with Crippen molar-refractivity contribution in [2.24, 2.45) is 0 Å². The third-order valence-corrected chi connectivity index (χ3v) is 4.72. The van der Waals surface area contributed by atoms with Crippen LogP contribution >= 0.6 is 15.9 Å². The summed E-state index contributed by atoms with van der Waals surface area (Å²) >= 11 is 3.48. The zero-order valence-electron chi connectivity index (χ0n) is 11.9. The highest BCUT2D eigenvalue weighted by Gasteiger charge is 2.24. The highest BCUT2D eigenvalue weighted by Crippen LogP contribution is 2.39. The second kappa shape index (κ2) is 5.91. The van der Waals surface area contributed by atoms with Gasteiger partial charge in [0, 0.05) is 4.47 Å². The predicted molar refractivity (Wildman–Crippen MR) is 89.3 cm³/mol. The zero-order chi connectivity index (χ0) is 14.8. The van der Waals surface area contributed by atoms with Gasteiger partial charge in [-0.05, 0) is 48.1 Å². The molecule has 0 aromatic heterocycles. The molecule has 0 fully saturated rings. The zero-order valence-corrected chi connectivity index (χ0v) is 13.5. The first-order valence-electron chi connectivity index (χ1n) is 7.24. The van der Waals surface area contributed by atoms with Crippen LogP contribution in [0.1, 0.15) is 48.4 Å². The van der Waals surface area contributed by atoms with Crippen LogP contribution in [0.4, 0.5) is 5.69 Å². The van der Waals surface area contributed by atoms with E-state index < -0.39 is 0 Å². The maximum absolute atomic E-state index is 9.27. The van der Waals surface area contributed by atoms with Gasteiger partial charge in [0.1, 0.15) is 6.07 Å². The van der Waals surface area contributed by atoms with E-state index in [4.69, 9.17) is 0 Å². The van der Waals surface area contributed by atoms with E-state index in [-0.39, 0.29) is 6.04 Å². The molecule has 0 aliphatic heterocycles. The van der Waals surface area contributed by atoms with E-state index in [2.05, 4.69) is 58.5 Å². The number of nitriles is 1. The second-order valence-corrected chi connectivity index (χ2v) is 6.52. The molecule has 2 nitrogen and oxygen atoms in total. The van der Waals surface area contributed by atoms with Crippen LogP contribution in [-0.2, 0) is 0 Å². The summed E-state index contributed by atoms with van der Waals surface area (Å²) in [6, 6.07) is 16.9. The Morgan fingerprint density at radius 3 is 2.67 bits per heavy atom. The maximum Gasteiger partial charge on any atom is 0.101 e. The average Bonchev–Trinajstić information content (AvgIpc) is 2.51. The van der Waals surface area contributed by atoms with E-state index in [0.29, 0.717) is 11.5 Å². The fourth-order valence-corrected chi connectivity index (χ4v) is 3.44. The molecule has 0 radical (unpaired) electrons. The molecule has 2 aromatic rings. The monoisotopic (exact) mass is 340 g/mol. The number of fused-ring (bicyclic) bond motifs is 1. The van der Waals surface area contributed by atoms with Gasteiger partial charge in [-0.3, -0.25) is 0 Å². The van der Waals surface area contributed by atoms with Crippen molar-refractivity contribution in [2.75, 3.05) is 5.32 Å². The molecule has 2 atom stereocenters. The third-order valence-electron chi connectivity index (χ3n) is 4.22. The first kappa shape index (κ1) is 14.2. The number of hydrogen-bond donors (Lipinski definition) is 1. The van der Waals surface area contributed by atoms with Gasteiger partial charge in [0.2, 0.25) is 0 Å². The lowest BCUT2D eigenvalue weighted by Crippen LogP contribution is -2.19. The molecule has 2 aromatic carbocycles. The Morgan fingerprint density at radius 1 is 1.14 bits per heavy atom. The highest BCUT2D eigenvalue weighted by molar-refractivity contribution is 9.10. The Hall–Kier alpha value is -1.79. The van der Waals surface area contributed by atoms with Crippen molar-refractivity contribution in [3.05, 3.63) is 63.6 Å². The van der Waals surface area contributed by atoms with Crippen molar-refractivity contribution < 1.29 is 0 Å². The molecule has 3 rings (SSSR count). The minimum atomic E-state index is 0.277. The van der Waals surface area contributed by atoms with E-state index in [9.17, 15) is 5.26 Å². The fourth-order valence-electron chi connectivity index (χ4n) is 3.08. The molecule has 3 heteroatoms. The maximum atomic E-state index is 9.27. The Labute approximate surface area is 133 Å². The van der Waals surface area contributed by atoms with Gasteiger partial charge < -0.3 is 5.32 Å². The molecule has 1 N–H and O–H groups in total. The Kier molecular flexibility index (Phi) is 3.98. The van der Waals surface area contributed by atoms with Crippen molar-refractivity contribution in [3.63, 3.8) is 0 Å². The second-order valence-electron chi connectivity index (χ2n) is 5.61. The molecule has 0 heterocycles. The minimum Gasteiger partial charge on any atom is -0.377 e. The van der Waals surface area contributed by atoms with Crippen LogP contribution < -0.4 is 5.32 Å². The van der Waals surface area contributed by atoms with Gasteiger partial charge in [-0.15, -0.1) is 0 Å². The molecular weight excluding hydrogens is 324 g/mol. The number of nitrogens with one attached hydrogen (secondary N) is 1. The fraction of sp³-hybridized carbons (Fsp3) is 0.278. The van der Waals surface area contributed by atoms with Gasteiger partial charge in [0.25, 0.3) is 0 Å². The smallest absolute Gasteiger partial charge is 0.101 e. The summed E-state index contributed by atoms with van der Waals surface area (Å²) in [4.78, 5) is 0. The van der Waals surface area contributed by atoms with Crippen molar-refractivity contribution >= 4 is 21.6 Å². The number of anilines is 1. The van der Waals surface area contributed by atoms with Gasteiger partial charge in [0.15, 0.2) is 0 Å². The van der Waals surface area contributed by atoms with Gasteiger partial charge in [-0.1, -0.05) is 47.1 Å². The lowest BCUT2D eigenvalue weighted by atomic mass is 9.81. The van der Waals surface area contributed by atoms with Crippen LogP contribution in [0.2, 0.25) is 0 Å². The number of nitrogens with zero attached hydrogens (tertiary/aromatic N) is 1. The summed E-state index contributed by atoms with van der Waals surface area (Å²) in [5.74, 6) is 0.609. The van der Waals surface area contributed by atoms with Crippen LogP contribution in [0.5, 0.6) is 0 Å². The summed E-state index contributed by atoms with van der Waals surface area (Å²) in [5, 5.41) is 12.8. The molecular formula is C18H17BrN2. The predicted octanol–water partition coefficient (Wildman–Crippen LogP) is 5.37. The molecule has 1 aliphatic rings. The molecule has 0 amide bonds. The molecule has 2 unspecified atom stereocenters. The minimum absolute atomic E-state index is 0.277. The van der Waals surface area contributed by atoms with Crippen LogP contribution in [0.25, 0.3) is 0 Å². The molecule has 0 spiro atoms. The standard InChI is InChI=1S/C18H17BrN2/c1-12-6-9-17(16-5-3-2-4-15(12)16)21-18-10-14(19)8-7-13(18)11-20/h2-5,7-8,10,12,17,21H,6,9H2,1H3. The lowest BCUT2D eigenvalue weighted by Gasteiger charge is -2.31. The van der Waals surface area contributed by atoms with E-state index in [1.165, 1.54) is 17.5 Å². The molecule has 106 valence electrons. The van der Waals surface area contributed by atoms with Gasteiger partial charge >= 0.3 is 0 Å². The SMILES string of the molecule is CC1CCC(Nc2cc(Br)ccc2C#N)c2ccccc21. The lowest BCUT2D eigenvalue weighted by molar-refractivity contribution is 0.534. The third kappa shape index (κ3) is 2.82. The van der Waals surface area contributed by atoms with Crippen molar-refractivity contribution in [1.82, 2.24) is 0 Å². The van der Waals surface area contributed by atoms with E-state index in [1.54, 1.807) is 0 Å². The van der Waals surface area contributed by atoms with Crippen LogP contribution in [0.15, 0.2) is 46.9 Å². The number of rotatable bonds is 2. The highest BCUT2D eigenvalue weighted by atomic mass is 79.9. The van der Waals surface area contributed by atoms with Crippen molar-refractivity contribution in [2.45, 2.75) is 31.7 Å². The van der Waals surface area contributed by atoms with E-state index in [0.717, 1.165) is 16.6 Å². The van der Waals surface area contributed by atoms with E-state index >= 15 is 0 Å².